The normalized spacial score (nSPS) is 11.5. The van der Waals surface area contributed by atoms with Crippen molar-refractivity contribution in [1.82, 2.24) is 4.98 Å². The highest BCUT2D eigenvalue weighted by atomic mass is 32.2. The number of sulfone groups is 1. The lowest BCUT2D eigenvalue weighted by Crippen LogP contribution is -2.06. The maximum Gasteiger partial charge on any atom is 0.147 e. The Labute approximate surface area is 78.7 Å². The number of nitrogens with zero attached hydrogens (tertiary/aromatic N) is 1. The number of aryl methyl sites for hydroxylation is 2. The van der Waals surface area contributed by atoms with Crippen LogP contribution in [0.25, 0.3) is 0 Å². The SMILES string of the molecule is Cc1ccnc(CCS(C)(=O)=O)c1. The molecule has 1 heterocycles. The number of rotatable bonds is 3. The van der Waals surface area contributed by atoms with Crippen LogP contribution in [-0.2, 0) is 16.3 Å². The molecule has 0 spiro atoms. The fourth-order valence-electron chi connectivity index (χ4n) is 1.03. The fraction of sp³-hybridized carbons (Fsp3) is 0.444. The van der Waals surface area contributed by atoms with Gasteiger partial charge in [-0.3, -0.25) is 4.98 Å². The van der Waals surface area contributed by atoms with Gasteiger partial charge in [-0.15, -0.1) is 0 Å². The van der Waals surface area contributed by atoms with Gasteiger partial charge in [0.1, 0.15) is 9.84 Å². The third-order valence-corrected chi connectivity index (χ3v) is 2.65. The Morgan fingerprint density at radius 1 is 1.46 bits per heavy atom. The molecule has 0 radical (unpaired) electrons. The van der Waals surface area contributed by atoms with Crippen molar-refractivity contribution in [3.63, 3.8) is 0 Å². The summed E-state index contributed by atoms with van der Waals surface area (Å²) < 4.78 is 21.7. The molecule has 0 aromatic carbocycles. The minimum absolute atomic E-state index is 0.170. The van der Waals surface area contributed by atoms with Gasteiger partial charge in [-0.1, -0.05) is 0 Å². The van der Waals surface area contributed by atoms with E-state index in [1.165, 1.54) is 6.26 Å². The molecule has 0 amide bonds. The van der Waals surface area contributed by atoms with Crippen LogP contribution < -0.4 is 0 Å². The zero-order valence-corrected chi connectivity index (χ0v) is 8.63. The third kappa shape index (κ3) is 4.03. The van der Waals surface area contributed by atoms with Gasteiger partial charge in [0.25, 0.3) is 0 Å². The first kappa shape index (κ1) is 10.2. The van der Waals surface area contributed by atoms with Crippen LogP contribution in [0, 0.1) is 6.92 Å². The minimum Gasteiger partial charge on any atom is -0.261 e. The molecule has 0 bridgehead atoms. The van der Waals surface area contributed by atoms with E-state index in [0.717, 1.165) is 11.3 Å². The van der Waals surface area contributed by atoms with Crippen molar-refractivity contribution < 1.29 is 8.42 Å². The van der Waals surface area contributed by atoms with Gasteiger partial charge >= 0.3 is 0 Å². The Bertz CT molecular complexity index is 384. The molecule has 0 aliphatic rings. The van der Waals surface area contributed by atoms with Gasteiger partial charge < -0.3 is 0 Å². The maximum absolute atomic E-state index is 10.9. The molecule has 4 heteroatoms. The quantitative estimate of drug-likeness (QED) is 0.729. The molecule has 0 saturated heterocycles. The van der Waals surface area contributed by atoms with Crippen LogP contribution in [0.2, 0.25) is 0 Å². The highest BCUT2D eigenvalue weighted by Crippen LogP contribution is 2.01. The average molecular weight is 199 g/mol. The largest absolute Gasteiger partial charge is 0.261 e. The molecule has 0 aliphatic heterocycles. The summed E-state index contributed by atoms with van der Waals surface area (Å²) >= 11 is 0. The summed E-state index contributed by atoms with van der Waals surface area (Å²) in [4.78, 5) is 4.08. The molecule has 0 saturated carbocycles. The van der Waals surface area contributed by atoms with Crippen molar-refractivity contribution in [3.8, 4) is 0 Å². The lowest BCUT2D eigenvalue weighted by atomic mass is 10.2. The maximum atomic E-state index is 10.9. The van der Waals surface area contributed by atoms with Crippen molar-refractivity contribution in [2.45, 2.75) is 13.3 Å². The number of hydrogen-bond acceptors (Lipinski definition) is 3. The lowest BCUT2D eigenvalue weighted by molar-refractivity contribution is 0.601. The molecule has 72 valence electrons. The van der Waals surface area contributed by atoms with Crippen LogP contribution in [0.1, 0.15) is 11.3 Å². The van der Waals surface area contributed by atoms with Crippen molar-refractivity contribution >= 4 is 9.84 Å². The zero-order valence-electron chi connectivity index (χ0n) is 7.82. The predicted molar refractivity (Wildman–Crippen MR) is 52.4 cm³/mol. The van der Waals surface area contributed by atoms with Crippen molar-refractivity contribution in [3.05, 3.63) is 29.6 Å². The molecule has 0 fully saturated rings. The van der Waals surface area contributed by atoms with Gasteiger partial charge in [0.15, 0.2) is 0 Å². The second kappa shape index (κ2) is 3.87. The molecule has 0 unspecified atom stereocenters. The van der Waals surface area contributed by atoms with Crippen LogP contribution in [-0.4, -0.2) is 25.4 Å². The first-order chi connectivity index (χ1) is 5.97. The van der Waals surface area contributed by atoms with Crippen molar-refractivity contribution in [2.24, 2.45) is 0 Å². The minimum atomic E-state index is -2.88. The monoisotopic (exact) mass is 199 g/mol. The summed E-state index contributed by atoms with van der Waals surface area (Å²) in [6.07, 6.45) is 3.44. The first-order valence-electron chi connectivity index (χ1n) is 4.06. The fourth-order valence-corrected chi connectivity index (χ4v) is 1.61. The smallest absolute Gasteiger partial charge is 0.147 e. The molecule has 0 atom stereocenters. The molecule has 0 N–H and O–H groups in total. The molecule has 3 nitrogen and oxygen atoms in total. The van der Waals surface area contributed by atoms with Crippen LogP contribution in [0.3, 0.4) is 0 Å². The topological polar surface area (TPSA) is 47.0 Å². The summed E-state index contributed by atoms with van der Waals surface area (Å²) in [7, 11) is -2.88. The van der Waals surface area contributed by atoms with Gasteiger partial charge in [0.05, 0.1) is 5.75 Å². The van der Waals surface area contributed by atoms with E-state index in [9.17, 15) is 8.42 Å². The molecule has 1 aromatic rings. The predicted octanol–water partition coefficient (Wildman–Crippen LogP) is 0.977. The number of aromatic nitrogens is 1. The van der Waals surface area contributed by atoms with Crippen molar-refractivity contribution in [1.29, 1.82) is 0 Å². The Balaban J connectivity index is 2.65. The number of pyridine rings is 1. The van der Waals surface area contributed by atoms with E-state index in [1.54, 1.807) is 6.20 Å². The summed E-state index contributed by atoms with van der Waals surface area (Å²) in [5, 5.41) is 0. The average Bonchev–Trinajstić information content (AvgIpc) is 2.00. The third-order valence-electron chi connectivity index (χ3n) is 1.70. The summed E-state index contributed by atoms with van der Waals surface area (Å²) in [6.45, 7) is 1.96. The van der Waals surface area contributed by atoms with Gasteiger partial charge in [-0.25, -0.2) is 8.42 Å². The molecule has 1 aromatic heterocycles. The van der Waals surface area contributed by atoms with Crippen LogP contribution in [0.15, 0.2) is 18.3 Å². The van der Waals surface area contributed by atoms with Crippen LogP contribution >= 0.6 is 0 Å². The molecule has 0 aliphatic carbocycles. The van der Waals surface area contributed by atoms with Crippen LogP contribution in [0.5, 0.6) is 0 Å². The second-order valence-corrected chi connectivity index (χ2v) is 5.46. The van der Waals surface area contributed by atoms with Crippen LogP contribution in [0.4, 0.5) is 0 Å². The van der Waals surface area contributed by atoms with E-state index in [1.807, 2.05) is 19.1 Å². The van der Waals surface area contributed by atoms with Gasteiger partial charge in [-0.2, -0.15) is 0 Å². The Kier molecular flexibility index (Phi) is 3.03. The van der Waals surface area contributed by atoms with E-state index in [4.69, 9.17) is 0 Å². The number of hydrogen-bond donors (Lipinski definition) is 0. The zero-order chi connectivity index (χ0) is 9.90. The van der Waals surface area contributed by atoms with Gasteiger partial charge in [-0.05, 0) is 24.6 Å². The standard InChI is InChI=1S/C9H13NO2S/c1-8-3-5-10-9(7-8)4-6-13(2,11)12/h3,5,7H,4,6H2,1-2H3. The highest BCUT2D eigenvalue weighted by Gasteiger charge is 2.03. The lowest BCUT2D eigenvalue weighted by Gasteiger charge is -1.99. The van der Waals surface area contributed by atoms with E-state index in [2.05, 4.69) is 4.98 Å². The summed E-state index contributed by atoms with van der Waals surface area (Å²) in [5.41, 5.74) is 1.95. The van der Waals surface area contributed by atoms with E-state index >= 15 is 0 Å². The second-order valence-electron chi connectivity index (χ2n) is 3.20. The first-order valence-corrected chi connectivity index (χ1v) is 6.13. The van der Waals surface area contributed by atoms with E-state index in [-0.39, 0.29) is 5.75 Å². The van der Waals surface area contributed by atoms with E-state index in [0.29, 0.717) is 6.42 Å². The Hall–Kier alpha value is -0.900. The van der Waals surface area contributed by atoms with Gasteiger partial charge in [0, 0.05) is 24.6 Å². The van der Waals surface area contributed by atoms with E-state index < -0.39 is 9.84 Å². The molecular weight excluding hydrogens is 186 g/mol. The highest BCUT2D eigenvalue weighted by molar-refractivity contribution is 7.90. The molecule has 13 heavy (non-hydrogen) atoms. The Morgan fingerprint density at radius 3 is 2.69 bits per heavy atom. The Morgan fingerprint density at radius 2 is 2.15 bits per heavy atom. The summed E-state index contributed by atoms with van der Waals surface area (Å²) in [6, 6.07) is 3.80. The summed E-state index contributed by atoms with van der Waals surface area (Å²) in [5.74, 6) is 0.170. The molecule has 1 rings (SSSR count). The molecular formula is C9H13NO2S. The van der Waals surface area contributed by atoms with Gasteiger partial charge in [0.2, 0.25) is 0 Å². The van der Waals surface area contributed by atoms with Crippen molar-refractivity contribution in [2.75, 3.05) is 12.0 Å².